The molecule has 0 fully saturated rings. The average molecular weight is 341 g/mol. The van der Waals surface area contributed by atoms with Crippen LogP contribution in [0.15, 0.2) is 48.8 Å². The molecule has 1 aromatic carbocycles. The number of pyridine rings is 1. The van der Waals surface area contributed by atoms with Crippen molar-refractivity contribution in [3.05, 3.63) is 65.9 Å². The Morgan fingerprint density at radius 1 is 1.32 bits per heavy atom. The maximum Gasteiger partial charge on any atom is 0.247 e. The molecule has 25 heavy (non-hydrogen) atoms. The molecule has 0 atom stereocenters. The van der Waals surface area contributed by atoms with Gasteiger partial charge in [0.2, 0.25) is 5.91 Å². The van der Waals surface area contributed by atoms with E-state index in [1.165, 1.54) is 16.8 Å². The van der Waals surface area contributed by atoms with Gasteiger partial charge in [0, 0.05) is 12.3 Å². The van der Waals surface area contributed by atoms with Crippen molar-refractivity contribution in [3.63, 3.8) is 0 Å². The van der Waals surface area contributed by atoms with Gasteiger partial charge in [0.1, 0.15) is 36.2 Å². The molecule has 0 bridgehead atoms. The molecule has 7 nitrogen and oxygen atoms in total. The van der Waals surface area contributed by atoms with Crippen molar-refractivity contribution in [2.45, 2.75) is 20.1 Å². The lowest BCUT2D eigenvalue weighted by molar-refractivity contribution is -0.116. The third-order valence-electron chi connectivity index (χ3n) is 3.26. The van der Waals surface area contributed by atoms with Gasteiger partial charge < -0.3 is 10.1 Å². The highest BCUT2D eigenvalue weighted by atomic mass is 19.1. The van der Waals surface area contributed by atoms with Crippen LogP contribution in [0, 0.1) is 12.7 Å². The lowest BCUT2D eigenvalue weighted by Crippen LogP contribution is -2.19. The van der Waals surface area contributed by atoms with E-state index in [4.69, 9.17) is 4.74 Å². The second kappa shape index (κ2) is 7.52. The highest BCUT2D eigenvalue weighted by Gasteiger charge is 2.08. The van der Waals surface area contributed by atoms with Crippen molar-refractivity contribution in [2.24, 2.45) is 0 Å². The molecule has 8 heteroatoms. The average Bonchev–Trinajstić information content (AvgIpc) is 3.00. The predicted molar refractivity (Wildman–Crippen MR) is 88.4 cm³/mol. The zero-order valence-electron chi connectivity index (χ0n) is 13.5. The molecule has 3 rings (SSSR count). The molecular weight excluding hydrogens is 325 g/mol. The van der Waals surface area contributed by atoms with Crippen LogP contribution in [0.1, 0.15) is 11.3 Å². The second-order valence-corrected chi connectivity index (χ2v) is 5.42. The van der Waals surface area contributed by atoms with Gasteiger partial charge in [-0.15, -0.1) is 5.10 Å². The van der Waals surface area contributed by atoms with Crippen LogP contribution in [-0.4, -0.2) is 25.9 Å². The molecule has 0 unspecified atom stereocenters. The van der Waals surface area contributed by atoms with Crippen molar-refractivity contribution in [1.29, 1.82) is 0 Å². The molecule has 128 valence electrons. The summed E-state index contributed by atoms with van der Waals surface area (Å²) in [6, 6.07) is 9.45. The molecule has 0 spiro atoms. The zero-order valence-corrected chi connectivity index (χ0v) is 13.5. The molecule has 0 saturated carbocycles. The van der Waals surface area contributed by atoms with Crippen molar-refractivity contribution in [1.82, 2.24) is 20.0 Å². The van der Waals surface area contributed by atoms with Gasteiger partial charge in [0.05, 0.1) is 6.20 Å². The number of carbonyl (C=O) groups is 1. The SMILES string of the molecule is Cc1ccnc(NC(=O)Cn2cc(COc3cccc(F)c3)nn2)c1. The molecule has 2 heterocycles. The number of halogens is 1. The molecule has 1 amide bonds. The van der Waals surface area contributed by atoms with E-state index in [0.717, 1.165) is 5.56 Å². The Hall–Kier alpha value is -3.29. The number of amides is 1. The number of hydrogen-bond donors (Lipinski definition) is 1. The molecule has 1 N–H and O–H groups in total. The molecule has 0 saturated heterocycles. The quantitative estimate of drug-likeness (QED) is 0.744. The summed E-state index contributed by atoms with van der Waals surface area (Å²) in [6.45, 7) is 2.05. The van der Waals surface area contributed by atoms with Gasteiger partial charge >= 0.3 is 0 Å². The fraction of sp³-hybridized carbons (Fsp3) is 0.176. The highest BCUT2D eigenvalue weighted by molar-refractivity contribution is 5.89. The van der Waals surface area contributed by atoms with Gasteiger partial charge in [0.25, 0.3) is 0 Å². The minimum absolute atomic E-state index is 0.00257. The van der Waals surface area contributed by atoms with E-state index >= 15 is 0 Å². The number of nitrogens with zero attached hydrogens (tertiary/aromatic N) is 4. The largest absolute Gasteiger partial charge is 0.487 e. The topological polar surface area (TPSA) is 81.9 Å². The standard InChI is InChI=1S/C17H16FN5O2/c1-12-5-6-19-16(7-12)20-17(24)10-23-9-14(21-22-23)11-25-15-4-2-3-13(18)8-15/h2-9H,10-11H2,1H3,(H,19,20,24). The van der Waals surface area contributed by atoms with Gasteiger partial charge in [-0.1, -0.05) is 11.3 Å². The zero-order chi connectivity index (χ0) is 17.6. The molecule has 2 aromatic heterocycles. The van der Waals surface area contributed by atoms with E-state index in [0.29, 0.717) is 17.3 Å². The van der Waals surface area contributed by atoms with E-state index < -0.39 is 0 Å². The van der Waals surface area contributed by atoms with Crippen LogP contribution in [-0.2, 0) is 17.9 Å². The Bertz CT molecular complexity index is 881. The number of rotatable bonds is 6. The van der Waals surface area contributed by atoms with Gasteiger partial charge in [-0.05, 0) is 36.8 Å². The van der Waals surface area contributed by atoms with Crippen LogP contribution in [0.3, 0.4) is 0 Å². The lowest BCUT2D eigenvalue weighted by Gasteiger charge is -2.04. The smallest absolute Gasteiger partial charge is 0.247 e. The summed E-state index contributed by atoms with van der Waals surface area (Å²) in [5.74, 6) is 0.251. The summed E-state index contributed by atoms with van der Waals surface area (Å²) in [7, 11) is 0. The second-order valence-electron chi connectivity index (χ2n) is 5.42. The lowest BCUT2D eigenvalue weighted by atomic mass is 10.3. The third kappa shape index (κ3) is 4.84. The van der Waals surface area contributed by atoms with E-state index in [1.807, 2.05) is 13.0 Å². The van der Waals surface area contributed by atoms with Crippen molar-refractivity contribution >= 4 is 11.7 Å². The fourth-order valence-electron chi connectivity index (χ4n) is 2.13. The Kier molecular flexibility index (Phi) is 4.98. The monoisotopic (exact) mass is 341 g/mol. The Morgan fingerprint density at radius 3 is 3.00 bits per heavy atom. The Balaban J connectivity index is 1.53. The van der Waals surface area contributed by atoms with E-state index in [2.05, 4.69) is 20.6 Å². The van der Waals surface area contributed by atoms with E-state index in [-0.39, 0.29) is 24.9 Å². The molecule has 0 aliphatic heterocycles. The van der Waals surface area contributed by atoms with E-state index in [9.17, 15) is 9.18 Å². The third-order valence-corrected chi connectivity index (χ3v) is 3.26. The summed E-state index contributed by atoms with van der Waals surface area (Å²) in [4.78, 5) is 16.1. The van der Waals surface area contributed by atoms with Gasteiger partial charge in [0.15, 0.2) is 0 Å². The van der Waals surface area contributed by atoms with Gasteiger partial charge in [-0.3, -0.25) is 4.79 Å². The van der Waals surface area contributed by atoms with Crippen molar-refractivity contribution in [2.75, 3.05) is 5.32 Å². The first kappa shape index (κ1) is 16.6. The van der Waals surface area contributed by atoms with Gasteiger partial charge in [-0.25, -0.2) is 14.1 Å². The van der Waals surface area contributed by atoms with Gasteiger partial charge in [-0.2, -0.15) is 0 Å². The normalized spacial score (nSPS) is 10.5. The number of anilines is 1. The number of carbonyl (C=O) groups excluding carboxylic acids is 1. The minimum atomic E-state index is -0.373. The molecule has 0 aliphatic rings. The van der Waals surface area contributed by atoms with Crippen LogP contribution >= 0.6 is 0 Å². The van der Waals surface area contributed by atoms with E-state index in [1.54, 1.807) is 30.6 Å². The van der Waals surface area contributed by atoms with Crippen LogP contribution in [0.2, 0.25) is 0 Å². The fourth-order valence-corrected chi connectivity index (χ4v) is 2.13. The summed E-state index contributed by atoms with van der Waals surface area (Å²) in [5.41, 5.74) is 1.54. The first-order chi connectivity index (χ1) is 12.1. The number of hydrogen-bond acceptors (Lipinski definition) is 5. The van der Waals surface area contributed by atoms with Crippen LogP contribution in [0.25, 0.3) is 0 Å². The summed E-state index contributed by atoms with van der Waals surface area (Å²) in [6.07, 6.45) is 3.23. The number of aromatic nitrogens is 4. The van der Waals surface area contributed by atoms with Crippen molar-refractivity contribution in [3.8, 4) is 5.75 Å². The number of nitrogens with one attached hydrogen (secondary N) is 1. The first-order valence-corrected chi connectivity index (χ1v) is 7.58. The summed E-state index contributed by atoms with van der Waals surface area (Å²) < 4.78 is 19.9. The predicted octanol–water partition coefficient (Wildman–Crippen LogP) is 2.34. The maximum absolute atomic E-state index is 13.1. The minimum Gasteiger partial charge on any atom is -0.487 e. The summed E-state index contributed by atoms with van der Waals surface area (Å²) in [5, 5.41) is 10.5. The van der Waals surface area contributed by atoms with Crippen LogP contribution in [0.5, 0.6) is 5.75 Å². The number of ether oxygens (including phenoxy) is 1. The molecule has 0 radical (unpaired) electrons. The summed E-state index contributed by atoms with van der Waals surface area (Å²) >= 11 is 0. The molecular formula is C17H16FN5O2. The Labute approximate surface area is 143 Å². The van der Waals surface area contributed by atoms with Crippen LogP contribution < -0.4 is 10.1 Å². The van der Waals surface area contributed by atoms with Crippen molar-refractivity contribution < 1.29 is 13.9 Å². The molecule has 3 aromatic rings. The number of benzene rings is 1. The number of aryl methyl sites for hydroxylation is 1. The Morgan fingerprint density at radius 2 is 2.20 bits per heavy atom. The highest BCUT2D eigenvalue weighted by Crippen LogP contribution is 2.13. The van der Waals surface area contributed by atoms with Crippen LogP contribution in [0.4, 0.5) is 10.2 Å². The maximum atomic E-state index is 13.1. The molecule has 0 aliphatic carbocycles. The first-order valence-electron chi connectivity index (χ1n) is 7.58.